The molecule has 0 radical (unpaired) electrons. The van der Waals surface area contributed by atoms with Gasteiger partial charge in [-0.2, -0.15) is 4.39 Å². The summed E-state index contributed by atoms with van der Waals surface area (Å²) in [4.78, 5) is 21.9. The van der Waals surface area contributed by atoms with E-state index in [4.69, 9.17) is 4.98 Å². The van der Waals surface area contributed by atoms with Crippen molar-refractivity contribution in [2.45, 2.75) is 18.4 Å². The second-order valence-corrected chi connectivity index (χ2v) is 8.54. The first kappa shape index (κ1) is 19.8. The topological polar surface area (TPSA) is 47.8 Å². The number of hydrogen-bond donors (Lipinski definition) is 0. The van der Waals surface area contributed by atoms with Crippen LogP contribution in [0, 0.1) is 5.95 Å². The summed E-state index contributed by atoms with van der Waals surface area (Å²) >= 11 is 1.52. The maximum absolute atomic E-state index is 13.4. The van der Waals surface area contributed by atoms with Gasteiger partial charge in [0, 0.05) is 56.6 Å². The summed E-state index contributed by atoms with van der Waals surface area (Å²) in [5.41, 5.74) is 3.55. The van der Waals surface area contributed by atoms with E-state index in [-0.39, 0.29) is 29.9 Å². The summed E-state index contributed by atoms with van der Waals surface area (Å²) in [6, 6.07) is 17.3. The molecule has 4 heterocycles. The fourth-order valence-electron chi connectivity index (χ4n) is 4.16. The van der Waals surface area contributed by atoms with Crippen LogP contribution in [0.3, 0.4) is 0 Å². The molecule has 154 valence electrons. The van der Waals surface area contributed by atoms with Crippen LogP contribution in [0.1, 0.15) is 24.1 Å². The lowest BCUT2D eigenvalue weighted by Gasteiger charge is -2.07. The Kier molecular flexibility index (Phi) is 4.84. The predicted octanol–water partition coefficient (Wildman–Crippen LogP) is 5.96. The minimum atomic E-state index is -0.528. The molecule has 2 atom stereocenters. The molecule has 0 saturated heterocycles. The zero-order chi connectivity index (χ0) is 20.2. The Hall–Kier alpha value is -3.09. The van der Waals surface area contributed by atoms with E-state index >= 15 is 0 Å². The van der Waals surface area contributed by atoms with E-state index in [9.17, 15) is 9.18 Å². The summed E-state index contributed by atoms with van der Waals surface area (Å²) in [5.74, 6) is -0.293. The smallest absolute Gasteiger partial charge is 0.260 e. The summed E-state index contributed by atoms with van der Waals surface area (Å²) in [6.45, 7) is 0. The molecule has 1 aromatic carbocycles. The Morgan fingerprint density at radius 3 is 2.77 bits per heavy atom. The number of benzene rings is 1. The van der Waals surface area contributed by atoms with Crippen LogP contribution in [0.15, 0.2) is 77.2 Å². The molecule has 5 aromatic rings. The van der Waals surface area contributed by atoms with Gasteiger partial charge in [0.05, 0.1) is 10.9 Å². The van der Waals surface area contributed by atoms with Crippen LogP contribution in [0.2, 0.25) is 0 Å². The SMILES string of the molecule is Cl.O=c1c2c(-c3ccc(F)nc3)csc2ccn1C1CC1c1ccc2ccccc2n1. The molecule has 0 spiro atoms. The zero-order valence-corrected chi connectivity index (χ0v) is 17.9. The number of pyridine rings is 3. The Balaban J connectivity index is 0.00000204. The predicted molar refractivity (Wildman–Crippen MR) is 125 cm³/mol. The van der Waals surface area contributed by atoms with Gasteiger partial charge < -0.3 is 4.57 Å². The van der Waals surface area contributed by atoms with Crippen LogP contribution >= 0.6 is 23.7 Å². The molecule has 2 unspecified atom stereocenters. The van der Waals surface area contributed by atoms with Gasteiger partial charge in [-0.3, -0.25) is 9.78 Å². The van der Waals surface area contributed by atoms with Crippen LogP contribution in [0.5, 0.6) is 0 Å². The molecule has 4 nitrogen and oxygen atoms in total. The highest BCUT2D eigenvalue weighted by atomic mass is 35.5. The zero-order valence-electron chi connectivity index (χ0n) is 16.2. The van der Waals surface area contributed by atoms with Gasteiger partial charge in [-0.05, 0) is 36.8 Å². The number of hydrogen-bond acceptors (Lipinski definition) is 4. The van der Waals surface area contributed by atoms with Gasteiger partial charge in [-0.25, -0.2) is 4.98 Å². The van der Waals surface area contributed by atoms with E-state index in [0.717, 1.165) is 38.8 Å². The molecule has 6 rings (SSSR count). The molecule has 0 aliphatic heterocycles. The molecule has 0 N–H and O–H groups in total. The second-order valence-electron chi connectivity index (χ2n) is 7.62. The average Bonchev–Trinajstić information content (AvgIpc) is 3.44. The monoisotopic (exact) mass is 449 g/mol. The average molecular weight is 450 g/mol. The van der Waals surface area contributed by atoms with Gasteiger partial charge in [0.2, 0.25) is 5.95 Å². The van der Waals surface area contributed by atoms with Crippen molar-refractivity contribution in [3.8, 4) is 11.1 Å². The van der Waals surface area contributed by atoms with E-state index in [1.165, 1.54) is 23.6 Å². The van der Waals surface area contributed by atoms with Crippen LogP contribution in [0.4, 0.5) is 4.39 Å². The molecule has 0 amide bonds. The maximum Gasteiger partial charge on any atom is 0.260 e. The van der Waals surface area contributed by atoms with Crippen molar-refractivity contribution in [3.05, 3.63) is 94.4 Å². The Morgan fingerprint density at radius 2 is 1.94 bits per heavy atom. The Morgan fingerprint density at radius 1 is 1.06 bits per heavy atom. The first-order valence-corrected chi connectivity index (χ1v) is 10.7. The van der Waals surface area contributed by atoms with Gasteiger partial charge in [-0.15, -0.1) is 23.7 Å². The highest BCUT2D eigenvalue weighted by Crippen LogP contribution is 2.50. The van der Waals surface area contributed by atoms with E-state index in [1.54, 1.807) is 6.07 Å². The number of nitrogens with zero attached hydrogens (tertiary/aromatic N) is 3. The van der Waals surface area contributed by atoms with Crippen molar-refractivity contribution < 1.29 is 4.39 Å². The molecule has 1 aliphatic rings. The molecule has 4 aromatic heterocycles. The van der Waals surface area contributed by atoms with E-state index < -0.39 is 5.95 Å². The van der Waals surface area contributed by atoms with Gasteiger partial charge in [0.25, 0.3) is 5.56 Å². The number of fused-ring (bicyclic) bond motifs is 2. The summed E-state index contributed by atoms with van der Waals surface area (Å²) in [7, 11) is 0. The number of para-hydroxylation sites is 1. The standard InChI is InChI=1S/C24H16FN3OS.ClH/c25-22-8-6-15(12-26-22)17-13-30-21-9-10-28(24(29)23(17)21)20-11-16(20)19-7-5-14-3-1-2-4-18(14)27-19;/h1-10,12-13,16,20H,11H2;1H. The molecule has 1 aliphatic carbocycles. The van der Waals surface area contributed by atoms with E-state index in [1.807, 2.05) is 40.4 Å². The Bertz CT molecular complexity index is 1480. The Labute approximate surface area is 187 Å². The third-order valence-electron chi connectivity index (χ3n) is 5.81. The normalized spacial score (nSPS) is 17.6. The van der Waals surface area contributed by atoms with Crippen molar-refractivity contribution >= 4 is 44.7 Å². The molecule has 7 heteroatoms. The fraction of sp³-hybridized carbons (Fsp3) is 0.125. The quantitative estimate of drug-likeness (QED) is 0.319. The number of halogens is 2. The molecule has 31 heavy (non-hydrogen) atoms. The molecule has 1 saturated carbocycles. The maximum atomic E-state index is 13.4. The number of aromatic nitrogens is 3. The summed E-state index contributed by atoms with van der Waals surface area (Å²) in [5, 5.41) is 3.74. The lowest BCUT2D eigenvalue weighted by Crippen LogP contribution is -2.18. The van der Waals surface area contributed by atoms with Gasteiger partial charge in [0.1, 0.15) is 0 Å². The fourth-order valence-corrected chi connectivity index (χ4v) is 5.12. The van der Waals surface area contributed by atoms with Crippen molar-refractivity contribution in [1.29, 1.82) is 0 Å². The third kappa shape index (κ3) is 3.32. The van der Waals surface area contributed by atoms with Crippen molar-refractivity contribution in [2.24, 2.45) is 0 Å². The van der Waals surface area contributed by atoms with Crippen LogP contribution in [0.25, 0.3) is 32.1 Å². The largest absolute Gasteiger partial charge is 0.311 e. The molecule has 1 fully saturated rings. The first-order chi connectivity index (χ1) is 14.7. The molecular formula is C24H17ClFN3OS. The highest BCUT2D eigenvalue weighted by molar-refractivity contribution is 7.17. The van der Waals surface area contributed by atoms with Crippen molar-refractivity contribution in [3.63, 3.8) is 0 Å². The second kappa shape index (κ2) is 7.55. The van der Waals surface area contributed by atoms with Crippen molar-refractivity contribution in [2.75, 3.05) is 0 Å². The van der Waals surface area contributed by atoms with Crippen LogP contribution in [-0.4, -0.2) is 14.5 Å². The van der Waals surface area contributed by atoms with Gasteiger partial charge in [0.15, 0.2) is 0 Å². The molecule has 0 bridgehead atoms. The third-order valence-corrected chi connectivity index (χ3v) is 6.75. The summed E-state index contributed by atoms with van der Waals surface area (Å²) in [6.07, 6.45) is 4.26. The first-order valence-electron chi connectivity index (χ1n) is 9.79. The number of thiophene rings is 1. The lowest BCUT2D eigenvalue weighted by atomic mass is 10.1. The van der Waals surface area contributed by atoms with Crippen LogP contribution in [-0.2, 0) is 0 Å². The van der Waals surface area contributed by atoms with E-state index in [2.05, 4.69) is 23.2 Å². The lowest BCUT2D eigenvalue weighted by molar-refractivity contribution is 0.584. The minimum absolute atomic E-state index is 0. The van der Waals surface area contributed by atoms with E-state index in [0.29, 0.717) is 5.39 Å². The molecular weight excluding hydrogens is 433 g/mol. The minimum Gasteiger partial charge on any atom is -0.311 e. The van der Waals surface area contributed by atoms with Crippen molar-refractivity contribution in [1.82, 2.24) is 14.5 Å². The van der Waals surface area contributed by atoms with Gasteiger partial charge in [-0.1, -0.05) is 24.3 Å². The summed E-state index contributed by atoms with van der Waals surface area (Å²) < 4.78 is 16.0. The number of rotatable bonds is 3. The van der Waals surface area contributed by atoms with Gasteiger partial charge >= 0.3 is 0 Å². The highest BCUT2D eigenvalue weighted by Gasteiger charge is 2.41. The van der Waals surface area contributed by atoms with Crippen LogP contribution < -0.4 is 5.56 Å².